The fourth-order valence-corrected chi connectivity index (χ4v) is 5.45. The SMILES string of the molecule is Cc1nc(NC2CC2)nc(NC2CCC(CCO)C2)c1-c1nc2c(C)nccc2s1. The molecule has 5 rings (SSSR count). The Hall–Kier alpha value is -2.32. The van der Waals surface area contributed by atoms with Gasteiger partial charge in [-0.3, -0.25) is 4.98 Å². The number of hydrogen-bond acceptors (Lipinski definition) is 8. The molecule has 0 radical (unpaired) electrons. The Kier molecular flexibility index (Phi) is 5.28. The van der Waals surface area contributed by atoms with Gasteiger partial charge in [-0.2, -0.15) is 4.98 Å². The van der Waals surface area contributed by atoms with Crippen LogP contribution in [0.5, 0.6) is 0 Å². The second kappa shape index (κ2) is 8.07. The molecule has 2 fully saturated rings. The van der Waals surface area contributed by atoms with Gasteiger partial charge in [-0.25, -0.2) is 9.97 Å². The summed E-state index contributed by atoms with van der Waals surface area (Å²) < 4.78 is 1.13. The highest BCUT2D eigenvalue weighted by Gasteiger charge is 2.28. The van der Waals surface area contributed by atoms with Gasteiger partial charge in [-0.05, 0) is 64.4 Å². The van der Waals surface area contributed by atoms with Crippen molar-refractivity contribution in [2.75, 3.05) is 17.2 Å². The van der Waals surface area contributed by atoms with Crippen LogP contribution in [0.2, 0.25) is 0 Å². The molecule has 0 aromatic carbocycles. The average Bonchev–Trinajstić information content (AvgIpc) is 3.23. The quantitative estimate of drug-likeness (QED) is 0.520. The van der Waals surface area contributed by atoms with Crippen molar-refractivity contribution < 1.29 is 5.11 Å². The van der Waals surface area contributed by atoms with Crippen molar-refractivity contribution in [3.05, 3.63) is 23.7 Å². The van der Waals surface area contributed by atoms with Gasteiger partial charge in [0.2, 0.25) is 5.95 Å². The lowest BCUT2D eigenvalue weighted by Crippen LogP contribution is -2.19. The molecule has 30 heavy (non-hydrogen) atoms. The van der Waals surface area contributed by atoms with Gasteiger partial charge in [-0.15, -0.1) is 11.3 Å². The van der Waals surface area contributed by atoms with Crippen LogP contribution in [0.15, 0.2) is 12.3 Å². The normalized spacial score (nSPS) is 21.3. The maximum absolute atomic E-state index is 9.29. The monoisotopic (exact) mass is 424 g/mol. The highest BCUT2D eigenvalue weighted by atomic mass is 32.1. The number of hydrogen-bond donors (Lipinski definition) is 3. The predicted molar refractivity (Wildman–Crippen MR) is 121 cm³/mol. The van der Waals surface area contributed by atoms with E-state index in [1.165, 1.54) is 12.8 Å². The number of nitrogens with one attached hydrogen (secondary N) is 2. The minimum atomic E-state index is 0.268. The van der Waals surface area contributed by atoms with E-state index in [1.807, 2.05) is 26.1 Å². The Balaban J connectivity index is 1.52. The van der Waals surface area contributed by atoms with Crippen LogP contribution in [0.3, 0.4) is 0 Å². The molecule has 0 amide bonds. The second-order valence-electron chi connectivity index (χ2n) is 8.57. The summed E-state index contributed by atoms with van der Waals surface area (Å²) in [4.78, 5) is 18.9. The van der Waals surface area contributed by atoms with Gasteiger partial charge in [0, 0.05) is 24.9 Å². The fraction of sp³-hybridized carbons (Fsp3) is 0.545. The first-order chi connectivity index (χ1) is 14.6. The summed E-state index contributed by atoms with van der Waals surface area (Å²) in [5.41, 5.74) is 3.82. The molecule has 3 heterocycles. The van der Waals surface area contributed by atoms with Gasteiger partial charge in [0.25, 0.3) is 0 Å². The first-order valence-electron chi connectivity index (χ1n) is 10.9. The maximum Gasteiger partial charge on any atom is 0.225 e. The lowest BCUT2D eigenvalue weighted by Gasteiger charge is -2.18. The molecule has 7 nitrogen and oxygen atoms in total. The van der Waals surface area contributed by atoms with E-state index in [4.69, 9.17) is 15.0 Å². The summed E-state index contributed by atoms with van der Waals surface area (Å²) in [5.74, 6) is 2.15. The number of pyridine rings is 1. The van der Waals surface area contributed by atoms with Crippen LogP contribution < -0.4 is 10.6 Å². The molecule has 2 aliphatic carbocycles. The third-order valence-electron chi connectivity index (χ3n) is 6.12. The van der Waals surface area contributed by atoms with Crippen LogP contribution in [0.1, 0.15) is 49.9 Å². The van der Waals surface area contributed by atoms with Gasteiger partial charge in [0.15, 0.2) is 0 Å². The van der Waals surface area contributed by atoms with Crippen molar-refractivity contribution in [1.29, 1.82) is 0 Å². The van der Waals surface area contributed by atoms with Crippen molar-refractivity contribution in [3.63, 3.8) is 0 Å². The largest absolute Gasteiger partial charge is 0.396 e. The number of fused-ring (bicyclic) bond motifs is 1. The number of aliphatic hydroxyl groups is 1. The van der Waals surface area contributed by atoms with E-state index in [2.05, 4.69) is 15.6 Å². The van der Waals surface area contributed by atoms with E-state index in [0.717, 1.165) is 63.7 Å². The minimum Gasteiger partial charge on any atom is -0.396 e. The molecule has 3 aromatic heterocycles. The number of aryl methyl sites for hydroxylation is 2. The zero-order valence-corrected chi connectivity index (χ0v) is 18.3. The van der Waals surface area contributed by atoms with Crippen LogP contribution in [0, 0.1) is 19.8 Å². The molecule has 3 aromatic rings. The van der Waals surface area contributed by atoms with Crippen LogP contribution in [-0.2, 0) is 0 Å². The summed E-state index contributed by atoms with van der Waals surface area (Å²) in [5, 5.41) is 17.4. The van der Waals surface area contributed by atoms with E-state index in [0.29, 0.717) is 23.9 Å². The Labute approximate surface area is 180 Å². The lowest BCUT2D eigenvalue weighted by molar-refractivity contribution is 0.258. The van der Waals surface area contributed by atoms with E-state index < -0.39 is 0 Å². The zero-order chi connectivity index (χ0) is 20.7. The summed E-state index contributed by atoms with van der Waals surface area (Å²) in [6.45, 7) is 4.31. The van der Waals surface area contributed by atoms with Gasteiger partial charge in [-0.1, -0.05) is 0 Å². The molecule has 3 N–H and O–H groups in total. The molecule has 8 heteroatoms. The third-order valence-corrected chi connectivity index (χ3v) is 7.16. The first-order valence-corrected chi connectivity index (χ1v) is 11.7. The summed E-state index contributed by atoms with van der Waals surface area (Å²) in [6, 6.07) is 2.88. The average molecular weight is 425 g/mol. The van der Waals surface area contributed by atoms with Crippen LogP contribution in [0.4, 0.5) is 11.8 Å². The smallest absolute Gasteiger partial charge is 0.225 e. The number of aromatic nitrogens is 4. The Morgan fingerprint density at radius 2 is 1.87 bits per heavy atom. The molecule has 2 unspecified atom stereocenters. The van der Waals surface area contributed by atoms with Gasteiger partial charge < -0.3 is 15.7 Å². The van der Waals surface area contributed by atoms with Gasteiger partial charge in [0.1, 0.15) is 16.3 Å². The second-order valence-corrected chi connectivity index (χ2v) is 9.60. The van der Waals surface area contributed by atoms with Crippen molar-refractivity contribution in [2.45, 2.75) is 64.5 Å². The maximum atomic E-state index is 9.29. The zero-order valence-electron chi connectivity index (χ0n) is 17.5. The number of thiazole rings is 1. The molecule has 0 bridgehead atoms. The number of anilines is 2. The van der Waals surface area contributed by atoms with Crippen LogP contribution in [0.25, 0.3) is 20.8 Å². The van der Waals surface area contributed by atoms with Crippen molar-refractivity contribution in [1.82, 2.24) is 19.9 Å². The van der Waals surface area contributed by atoms with E-state index in [-0.39, 0.29) is 6.61 Å². The Bertz CT molecular complexity index is 1060. The molecule has 2 atom stereocenters. The third kappa shape index (κ3) is 3.98. The van der Waals surface area contributed by atoms with Gasteiger partial charge in [0.05, 0.1) is 21.7 Å². The Morgan fingerprint density at radius 3 is 2.63 bits per heavy atom. The molecule has 0 spiro atoms. The molecule has 2 saturated carbocycles. The summed E-state index contributed by atoms with van der Waals surface area (Å²) in [7, 11) is 0. The molecular formula is C22H28N6OS. The predicted octanol–water partition coefficient (Wildman–Crippen LogP) is 4.30. The van der Waals surface area contributed by atoms with Crippen LogP contribution in [-0.4, -0.2) is 43.7 Å². The molecular weight excluding hydrogens is 396 g/mol. The number of nitrogens with zero attached hydrogens (tertiary/aromatic N) is 4. The minimum absolute atomic E-state index is 0.268. The lowest BCUT2D eigenvalue weighted by atomic mass is 10.0. The van der Waals surface area contributed by atoms with E-state index in [1.54, 1.807) is 11.3 Å². The summed E-state index contributed by atoms with van der Waals surface area (Å²) in [6.07, 6.45) is 8.40. The highest BCUT2D eigenvalue weighted by molar-refractivity contribution is 7.21. The van der Waals surface area contributed by atoms with Crippen molar-refractivity contribution in [2.24, 2.45) is 5.92 Å². The van der Waals surface area contributed by atoms with Crippen molar-refractivity contribution >= 4 is 33.3 Å². The topological polar surface area (TPSA) is 95.9 Å². The highest BCUT2D eigenvalue weighted by Crippen LogP contribution is 2.39. The molecule has 0 saturated heterocycles. The fourth-order valence-electron chi connectivity index (χ4n) is 4.34. The molecule has 158 valence electrons. The number of aliphatic hydroxyl groups excluding tert-OH is 1. The number of rotatable bonds is 7. The standard InChI is InChI=1S/C22H28N6OS/c1-12-18(21-27-19-13(2)23-9-7-17(19)30-21)20(28-22(24-12)26-15-5-6-15)25-16-4-3-14(11-16)8-10-29/h7,9,14-16,29H,3-6,8,10-11H2,1-2H3,(H2,24,25,26,28). The van der Waals surface area contributed by atoms with Crippen molar-refractivity contribution in [3.8, 4) is 10.6 Å². The summed E-state index contributed by atoms with van der Waals surface area (Å²) >= 11 is 1.67. The van der Waals surface area contributed by atoms with E-state index in [9.17, 15) is 5.11 Å². The first kappa shape index (κ1) is 19.6. The van der Waals surface area contributed by atoms with E-state index >= 15 is 0 Å². The van der Waals surface area contributed by atoms with Gasteiger partial charge >= 0.3 is 0 Å². The Morgan fingerprint density at radius 1 is 1.03 bits per heavy atom. The molecule has 2 aliphatic rings. The molecule has 0 aliphatic heterocycles. The van der Waals surface area contributed by atoms with Crippen LogP contribution >= 0.6 is 11.3 Å².